The van der Waals surface area contributed by atoms with Crippen LogP contribution in [0.15, 0.2) is 78.9 Å². The maximum Gasteiger partial charge on any atom is 0.338 e. The number of aryl methyl sites for hydroxylation is 1. The molecule has 3 heteroatoms. The van der Waals surface area contributed by atoms with Gasteiger partial charge in [-0.2, -0.15) is 0 Å². The van der Waals surface area contributed by atoms with E-state index in [1.165, 1.54) is 0 Å². The topological polar surface area (TPSA) is 43.4 Å². The predicted octanol–water partition coefficient (Wildman–Crippen LogP) is 4.70. The lowest BCUT2D eigenvalue weighted by atomic mass is 10.0. The van der Waals surface area contributed by atoms with Crippen LogP contribution in [0.3, 0.4) is 0 Å². The second-order valence-corrected chi connectivity index (χ2v) is 5.76. The van der Waals surface area contributed by atoms with E-state index < -0.39 is 5.97 Å². The van der Waals surface area contributed by atoms with Gasteiger partial charge in [0.15, 0.2) is 12.4 Å². The molecule has 0 atom stereocenters. The van der Waals surface area contributed by atoms with Gasteiger partial charge in [-0.1, -0.05) is 72.8 Å². The molecule has 0 heterocycles. The highest BCUT2D eigenvalue weighted by atomic mass is 16.5. The molecule has 0 unspecified atom stereocenters. The van der Waals surface area contributed by atoms with Gasteiger partial charge in [-0.3, -0.25) is 4.79 Å². The first-order chi connectivity index (χ1) is 12.1. The first kappa shape index (κ1) is 16.7. The number of hydrogen-bond donors (Lipinski definition) is 0. The molecule has 3 rings (SSSR count). The average molecular weight is 330 g/mol. The fourth-order valence-electron chi connectivity index (χ4n) is 2.57. The summed E-state index contributed by atoms with van der Waals surface area (Å²) >= 11 is 0. The number of benzene rings is 3. The molecule has 3 aromatic rings. The summed E-state index contributed by atoms with van der Waals surface area (Å²) in [5.41, 5.74) is 3.96. The number of ether oxygens (including phenoxy) is 1. The van der Waals surface area contributed by atoms with Crippen molar-refractivity contribution in [3.8, 4) is 11.1 Å². The lowest BCUT2D eigenvalue weighted by Gasteiger charge is -2.07. The monoisotopic (exact) mass is 330 g/mol. The minimum absolute atomic E-state index is 0.221. The highest BCUT2D eigenvalue weighted by molar-refractivity contribution is 5.99. The summed E-state index contributed by atoms with van der Waals surface area (Å²) in [4.78, 5) is 24.3. The van der Waals surface area contributed by atoms with E-state index in [0.29, 0.717) is 11.1 Å². The Labute approximate surface area is 146 Å². The molecule has 0 N–H and O–H groups in total. The van der Waals surface area contributed by atoms with Crippen LogP contribution in [0, 0.1) is 6.92 Å². The molecule has 25 heavy (non-hydrogen) atoms. The van der Waals surface area contributed by atoms with Gasteiger partial charge in [0, 0.05) is 5.56 Å². The molecular formula is C22H18O3. The normalized spacial score (nSPS) is 10.3. The third-order valence-corrected chi connectivity index (χ3v) is 4.01. The van der Waals surface area contributed by atoms with Crippen molar-refractivity contribution in [3.05, 3.63) is 95.6 Å². The van der Waals surface area contributed by atoms with Crippen molar-refractivity contribution < 1.29 is 14.3 Å². The molecule has 0 amide bonds. The number of esters is 1. The number of ketones is 1. The lowest BCUT2D eigenvalue weighted by molar-refractivity contribution is 0.0474. The van der Waals surface area contributed by atoms with Crippen molar-refractivity contribution in [2.75, 3.05) is 6.61 Å². The van der Waals surface area contributed by atoms with Crippen LogP contribution in [0.5, 0.6) is 0 Å². The quantitative estimate of drug-likeness (QED) is 0.503. The summed E-state index contributed by atoms with van der Waals surface area (Å²) in [5.74, 6) is -0.700. The van der Waals surface area contributed by atoms with Gasteiger partial charge in [0.1, 0.15) is 0 Å². The van der Waals surface area contributed by atoms with Crippen molar-refractivity contribution in [2.24, 2.45) is 0 Å². The van der Waals surface area contributed by atoms with Gasteiger partial charge in [-0.05, 0) is 29.7 Å². The number of hydrogen-bond acceptors (Lipinski definition) is 3. The van der Waals surface area contributed by atoms with E-state index in [9.17, 15) is 9.59 Å². The Morgan fingerprint density at radius 2 is 1.36 bits per heavy atom. The molecule has 3 aromatic carbocycles. The second kappa shape index (κ2) is 7.58. The van der Waals surface area contributed by atoms with Crippen LogP contribution >= 0.6 is 0 Å². The minimum Gasteiger partial charge on any atom is -0.454 e. The Morgan fingerprint density at radius 3 is 2.04 bits per heavy atom. The predicted molar refractivity (Wildman–Crippen MR) is 97.7 cm³/mol. The zero-order chi connectivity index (χ0) is 17.6. The standard InChI is InChI=1S/C22H18O3/c1-16-7-5-6-10-20(16)22(24)25-15-21(23)19-13-11-18(12-14-19)17-8-3-2-4-9-17/h2-14H,15H2,1H3. The smallest absolute Gasteiger partial charge is 0.338 e. The third kappa shape index (κ3) is 4.01. The molecule has 0 spiro atoms. The Hall–Kier alpha value is -3.20. The highest BCUT2D eigenvalue weighted by Crippen LogP contribution is 2.19. The summed E-state index contributed by atoms with van der Waals surface area (Å²) in [5, 5.41) is 0. The van der Waals surface area contributed by atoms with E-state index in [1.807, 2.05) is 61.5 Å². The van der Waals surface area contributed by atoms with Crippen LogP contribution in [0.1, 0.15) is 26.3 Å². The second-order valence-electron chi connectivity index (χ2n) is 5.76. The van der Waals surface area contributed by atoms with Crippen LogP contribution in [-0.4, -0.2) is 18.4 Å². The molecule has 0 bridgehead atoms. The van der Waals surface area contributed by atoms with Gasteiger partial charge in [-0.25, -0.2) is 4.79 Å². The number of carbonyl (C=O) groups excluding carboxylic acids is 2. The fraction of sp³-hybridized carbons (Fsp3) is 0.0909. The van der Waals surface area contributed by atoms with Crippen molar-refractivity contribution >= 4 is 11.8 Å². The van der Waals surface area contributed by atoms with Crippen molar-refractivity contribution in [1.82, 2.24) is 0 Å². The van der Waals surface area contributed by atoms with Gasteiger partial charge >= 0.3 is 5.97 Å². The first-order valence-corrected chi connectivity index (χ1v) is 8.06. The van der Waals surface area contributed by atoms with Crippen LogP contribution in [0.2, 0.25) is 0 Å². The lowest BCUT2D eigenvalue weighted by Crippen LogP contribution is -2.15. The Morgan fingerprint density at radius 1 is 0.760 bits per heavy atom. The molecule has 124 valence electrons. The molecule has 0 aliphatic carbocycles. The average Bonchev–Trinajstić information content (AvgIpc) is 2.67. The summed E-state index contributed by atoms with van der Waals surface area (Å²) in [6.07, 6.45) is 0. The zero-order valence-corrected chi connectivity index (χ0v) is 13.9. The van der Waals surface area contributed by atoms with Gasteiger partial charge in [0.25, 0.3) is 0 Å². The maximum absolute atomic E-state index is 12.2. The van der Waals surface area contributed by atoms with Crippen LogP contribution in [0.25, 0.3) is 11.1 Å². The molecule has 0 fully saturated rings. The van der Waals surface area contributed by atoms with Gasteiger partial charge in [0.2, 0.25) is 0 Å². The van der Waals surface area contributed by atoms with E-state index in [1.54, 1.807) is 24.3 Å². The SMILES string of the molecule is Cc1ccccc1C(=O)OCC(=O)c1ccc(-c2ccccc2)cc1. The summed E-state index contributed by atoms with van der Waals surface area (Å²) in [6.45, 7) is 1.57. The number of carbonyl (C=O) groups is 2. The van der Waals surface area contributed by atoms with E-state index in [0.717, 1.165) is 16.7 Å². The summed E-state index contributed by atoms with van der Waals surface area (Å²) in [7, 11) is 0. The summed E-state index contributed by atoms with van der Waals surface area (Å²) < 4.78 is 5.15. The molecule has 0 radical (unpaired) electrons. The van der Waals surface area contributed by atoms with Gasteiger partial charge in [-0.15, -0.1) is 0 Å². The largest absolute Gasteiger partial charge is 0.454 e. The molecule has 0 saturated carbocycles. The van der Waals surface area contributed by atoms with E-state index in [4.69, 9.17) is 4.74 Å². The third-order valence-electron chi connectivity index (χ3n) is 4.01. The van der Waals surface area contributed by atoms with Crippen LogP contribution in [0.4, 0.5) is 0 Å². The summed E-state index contributed by atoms with van der Waals surface area (Å²) in [6, 6.07) is 24.4. The fourth-order valence-corrected chi connectivity index (χ4v) is 2.57. The first-order valence-electron chi connectivity index (χ1n) is 8.06. The molecular weight excluding hydrogens is 312 g/mol. The van der Waals surface area contributed by atoms with Crippen molar-refractivity contribution in [2.45, 2.75) is 6.92 Å². The Balaban J connectivity index is 1.64. The molecule has 0 saturated heterocycles. The number of Topliss-reactive ketones (excluding diaryl/α,β-unsaturated/α-hetero) is 1. The molecule has 0 aromatic heterocycles. The van der Waals surface area contributed by atoms with Crippen molar-refractivity contribution in [3.63, 3.8) is 0 Å². The zero-order valence-electron chi connectivity index (χ0n) is 13.9. The molecule has 3 nitrogen and oxygen atoms in total. The van der Waals surface area contributed by atoms with Gasteiger partial charge < -0.3 is 4.74 Å². The van der Waals surface area contributed by atoms with Crippen molar-refractivity contribution in [1.29, 1.82) is 0 Å². The van der Waals surface area contributed by atoms with E-state index in [-0.39, 0.29) is 12.4 Å². The Kier molecular flexibility index (Phi) is 5.05. The van der Waals surface area contributed by atoms with E-state index in [2.05, 4.69) is 0 Å². The Bertz CT molecular complexity index is 881. The molecule has 0 aliphatic heterocycles. The van der Waals surface area contributed by atoms with Gasteiger partial charge in [0.05, 0.1) is 5.56 Å². The highest BCUT2D eigenvalue weighted by Gasteiger charge is 2.13. The minimum atomic E-state index is -0.479. The maximum atomic E-state index is 12.2. The number of rotatable bonds is 5. The van der Waals surface area contributed by atoms with Crippen LogP contribution < -0.4 is 0 Å². The van der Waals surface area contributed by atoms with Crippen LogP contribution in [-0.2, 0) is 4.74 Å². The molecule has 0 aliphatic rings. The van der Waals surface area contributed by atoms with E-state index >= 15 is 0 Å².